The molecule has 0 atom stereocenters. The first-order valence-corrected chi connectivity index (χ1v) is 7.26. The van der Waals surface area contributed by atoms with E-state index < -0.39 is 7.12 Å². The van der Waals surface area contributed by atoms with Crippen molar-refractivity contribution in [3.05, 3.63) is 12.4 Å². The molecule has 0 radical (unpaired) electrons. The van der Waals surface area contributed by atoms with Crippen LogP contribution in [0.3, 0.4) is 0 Å². The first-order valence-electron chi connectivity index (χ1n) is 7.26. The molecule has 1 fully saturated rings. The van der Waals surface area contributed by atoms with Gasteiger partial charge < -0.3 is 19.4 Å². The minimum Gasteiger partial charge on any atom is -0.399 e. The fourth-order valence-electron chi connectivity index (χ4n) is 1.95. The average Bonchev–Trinajstić information content (AvgIpc) is 2.64. The Labute approximate surface area is 126 Å². The Bertz CT molecular complexity index is 449. The van der Waals surface area contributed by atoms with Crippen LogP contribution >= 0.6 is 0 Å². The van der Waals surface area contributed by atoms with E-state index in [0.717, 1.165) is 25.0 Å². The van der Waals surface area contributed by atoms with Gasteiger partial charge in [0.2, 0.25) is 5.95 Å². The van der Waals surface area contributed by atoms with Gasteiger partial charge in [0, 0.05) is 38.1 Å². The maximum atomic E-state index is 5.96. The van der Waals surface area contributed by atoms with Gasteiger partial charge >= 0.3 is 7.12 Å². The number of aromatic nitrogens is 2. The second-order valence-corrected chi connectivity index (χ2v) is 6.20. The summed E-state index contributed by atoms with van der Waals surface area (Å²) in [6.07, 6.45) is 4.40. The van der Waals surface area contributed by atoms with Crippen molar-refractivity contribution in [2.45, 2.75) is 45.3 Å². The molecule has 2 rings (SSSR count). The molecule has 116 valence electrons. The van der Waals surface area contributed by atoms with Crippen molar-refractivity contribution >= 4 is 18.5 Å². The highest BCUT2D eigenvalue weighted by Crippen LogP contribution is 2.36. The van der Waals surface area contributed by atoms with Crippen molar-refractivity contribution in [2.75, 3.05) is 25.6 Å². The Kier molecular flexibility index (Phi) is 4.86. The number of methoxy groups -OCH3 is 1. The summed E-state index contributed by atoms with van der Waals surface area (Å²) in [6.45, 7) is 9.61. The standard InChI is InChI=1S/C14H24BN3O3/c1-13(2)14(3,4)21-15(20-13)11-9-17-12(18-10-11)16-7-6-8-19-5/h9-10H,6-8H2,1-5H3,(H,16,17,18). The number of ether oxygens (including phenoxy) is 1. The SMILES string of the molecule is COCCCNc1ncc(B2OC(C)(C)C(C)(C)O2)cn1. The Morgan fingerprint density at radius 3 is 2.24 bits per heavy atom. The first-order chi connectivity index (χ1) is 9.86. The molecule has 0 aliphatic carbocycles. The minimum atomic E-state index is -0.419. The highest BCUT2D eigenvalue weighted by atomic mass is 16.7. The van der Waals surface area contributed by atoms with Gasteiger partial charge in [-0.25, -0.2) is 9.97 Å². The van der Waals surface area contributed by atoms with Gasteiger partial charge in [0.15, 0.2) is 0 Å². The Morgan fingerprint density at radius 2 is 1.71 bits per heavy atom. The molecule has 0 aromatic carbocycles. The van der Waals surface area contributed by atoms with Crippen LogP contribution in [0.1, 0.15) is 34.1 Å². The third-order valence-corrected chi connectivity index (χ3v) is 4.01. The zero-order valence-electron chi connectivity index (χ0n) is 13.5. The highest BCUT2D eigenvalue weighted by molar-refractivity contribution is 6.61. The van der Waals surface area contributed by atoms with E-state index in [1.165, 1.54) is 0 Å². The van der Waals surface area contributed by atoms with Gasteiger partial charge in [-0.2, -0.15) is 0 Å². The van der Waals surface area contributed by atoms with E-state index in [2.05, 4.69) is 15.3 Å². The van der Waals surface area contributed by atoms with Gasteiger partial charge in [-0.15, -0.1) is 0 Å². The van der Waals surface area contributed by atoms with Crippen LogP contribution in [-0.4, -0.2) is 48.5 Å². The fraction of sp³-hybridized carbons (Fsp3) is 0.714. The summed E-state index contributed by atoms with van der Waals surface area (Å²) in [4.78, 5) is 8.59. The summed E-state index contributed by atoms with van der Waals surface area (Å²) in [5.41, 5.74) is 0.125. The monoisotopic (exact) mass is 293 g/mol. The van der Waals surface area contributed by atoms with Crippen molar-refractivity contribution in [3.63, 3.8) is 0 Å². The fourth-order valence-corrected chi connectivity index (χ4v) is 1.95. The maximum Gasteiger partial charge on any atom is 0.498 e. The largest absolute Gasteiger partial charge is 0.498 e. The Balaban J connectivity index is 1.94. The number of hydrogen-bond donors (Lipinski definition) is 1. The van der Waals surface area contributed by atoms with E-state index in [-0.39, 0.29) is 11.2 Å². The van der Waals surface area contributed by atoms with E-state index in [4.69, 9.17) is 14.0 Å². The van der Waals surface area contributed by atoms with Gasteiger partial charge in [-0.1, -0.05) is 0 Å². The first kappa shape index (κ1) is 16.2. The van der Waals surface area contributed by atoms with Gasteiger partial charge in [0.05, 0.1) is 11.2 Å². The molecule has 7 heteroatoms. The molecule has 0 amide bonds. The summed E-state index contributed by atoms with van der Waals surface area (Å²) in [5.74, 6) is 0.603. The van der Waals surface area contributed by atoms with Crippen molar-refractivity contribution < 1.29 is 14.0 Å². The summed E-state index contributed by atoms with van der Waals surface area (Å²) in [6, 6.07) is 0. The summed E-state index contributed by atoms with van der Waals surface area (Å²) in [7, 11) is 1.27. The third-order valence-electron chi connectivity index (χ3n) is 4.01. The minimum absolute atomic E-state index is 0.352. The third kappa shape index (κ3) is 3.72. The van der Waals surface area contributed by atoms with Crippen LogP contribution in [0.15, 0.2) is 12.4 Å². The lowest BCUT2D eigenvalue weighted by Gasteiger charge is -2.32. The van der Waals surface area contributed by atoms with Gasteiger partial charge in [-0.3, -0.25) is 0 Å². The molecule has 6 nitrogen and oxygen atoms in total. The number of hydrogen-bond acceptors (Lipinski definition) is 6. The molecule has 1 aromatic rings. The second kappa shape index (κ2) is 6.29. The van der Waals surface area contributed by atoms with Crippen LogP contribution in [0, 0.1) is 0 Å². The zero-order chi connectivity index (χ0) is 15.5. The molecule has 0 spiro atoms. The molecular formula is C14H24BN3O3. The van der Waals surface area contributed by atoms with Gasteiger partial charge in [-0.05, 0) is 34.1 Å². The quantitative estimate of drug-likeness (QED) is 0.628. The maximum absolute atomic E-state index is 5.96. The van der Waals surface area contributed by atoms with Crippen LogP contribution in [0.4, 0.5) is 5.95 Å². The molecule has 1 saturated heterocycles. The van der Waals surface area contributed by atoms with Crippen molar-refractivity contribution in [3.8, 4) is 0 Å². The van der Waals surface area contributed by atoms with E-state index in [1.807, 2.05) is 27.7 Å². The molecule has 21 heavy (non-hydrogen) atoms. The van der Waals surface area contributed by atoms with Gasteiger partial charge in [0.1, 0.15) is 0 Å². The summed E-state index contributed by atoms with van der Waals surface area (Å²) in [5, 5.41) is 3.15. The number of anilines is 1. The predicted molar refractivity (Wildman–Crippen MR) is 82.7 cm³/mol. The van der Waals surface area contributed by atoms with Crippen molar-refractivity contribution in [1.29, 1.82) is 0 Å². The lowest BCUT2D eigenvalue weighted by atomic mass is 9.81. The predicted octanol–water partition coefficient (Wildman–Crippen LogP) is 1.22. The molecule has 1 N–H and O–H groups in total. The lowest BCUT2D eigenvalue weighted by molar-refractivity contribution is 0.00578. The zero-order valence-corrected chi connectivity index (χ0v) is 13.5. The summed E-state index contributed by atoms with van der Waals surface area (Å²) >= 11 is 0. The molecule has 0 saturated carbocycles. The van der Waals surface area contributed by atoms with E-state index in [9.17, 15) is 0 Å². The second-order valence-electron chi connectivity index (χ2n) is 6.20. The van der Waals surface area contributed by atoms with Crippen molar-refractivity contribution in [2.24, 2.45) is 0 Å². The normalized spacial score (nSPS) is 19.8. The molecule has 2 heterocycles. The summed E-state index contributed by atoms with van der Waals surface area (Å²) < 4.78 is 16.9. The van der Waals surface area contributed by atoms with Crippen LogP contribution in [-0.2, 0) is 14.0 Å². The number of nitrogens with zero attached hydrogens (tertiary/aromatic N) is 2. The van der Waals surface area contributed by atoms with Crippen LogP contribution in [0.5, 0.6) is 0 Å². The van der Waals surface area contributed by atoms with Crippen LogP contribution in [0.25, 0.3) is 0 Å². The van der Waals surface area contributed by atoms with Crippen LogP contribution < -0.4 is 10.8 Å². The Morgan fingerprint density at radius 1 is 1.14 bits per heavy atom. The number of rotatable bonds is 6. The lowest BCUT2D eigenvalue weighted by Crippen LogP contribution is -2.41. The van der Waals surface area contributed by atoms with Crippen molar-refractivity contribution in [1.82, 2.24) is 9.97 Å². The van der Waals surface area contributed by atoms with E-state index in [1.54, 1.807) is 19.5 Å². The topological polar surface area (TPSA) is 65.5 Å². The molecular weight excluding hydrogens is 269 g/mol. The smallest absolute Gasteiger partial charge is 0.399 e. The molecule has 1 aliphatic heterocycles. The number of nitrogens with one attached hydrogen (secondary N) is 1. The van der Waals surface area contributed by atoms with E-state index in [0.29, 0.717) is 5.95 Å². The molecule has 1 aliphatic rings. The highest BCUT2D eigenvalue weighted by Gasteiger charge is 2.51. The van der Waals surface area contributed by atoms with Gasteiger partial charge in [0.25, 0.3) is 0 Å². The Hall–Kier alpha value is -1.18. The molecule has 0 bridgehead atoms. The van der Waals surface area contributed by atoms with Crippen LogP contribution in [0.2, 0.25) is 0 Å². The average molecular weight is 293 g/mol. The molecule has 1 aromatic heterocycles. The molecule has 0 unspecified atom stereocenters. The van der Waals surface area contributed by atoms with E-state index >= 15 is 0 Å².